The first kappa shape index (κ1) is 12.6. The van der Waals surface area contributed by atoms with Gasteiger partial charge in [0.15, 0.2) is 0 Å². The lowest BCUT2D eigenvalue weighted by Crippen LogP contribution is -2.35. The monoisotopic (exact) mass is 237 g/mol. The maximum Gasteiger partial charge on any atom is 0.268 e. The van der Waals surface area contributed by atoms with Gasteiger partial charge in [0.25, 0.3) is 11.8 Å². The van der Waals surface area contributed by atoms with Gasteiger partial charge in [0.1, 0.15) is 0 Å². The van der Waals surface area contributed by atoms with Gasteiger partial charge in [0.2, 0.25) is 6.41 Å². The number of hydrazine groups is 2. The van der Waals surface area contributed by atoms with Gasteiger partial charge in [-0.05, 0) is 12.1 Å². The Hall–Kier alpha value is -2.45. The molecule has 0 fully saturated rings. The Morgan fingerprint density at radius 3 is 2.29 bits per heavy atom. The predicted octanol–water partition coefficient (Wildman–Crippen LogP) is -1.54. The average Bonchev–Trinajstić information content (AvgIpc) is 2.37. The maximum atomic E-state index is 11.5. The van der Waals surface area contributed by atoms with Gasteiger partial charge in [0, 0.05) is 0 Å². The first-order chi connectivity index (χ1) is 8.15. The molecule has 3 amide bonds. The molecule has 1 aromatic rings. The molecule has 0 saturated carbocycles. The van der Waals surface area contributed by atoms with Crippen LogP contribution in [0.15, 0.2) is 18.2 Å². The van der Waals surface area contributed by atoms with Crippen molar-refractivity contribution >= 4 is 23.9 Å². The average molecular weight is 237 g/mol. The molecule has 0 aliphatic heterocycles. The number of benzene rings is 1. The van der Waals surface area contributed by atoms with Crippen LogP contribution in [0.5, 0.6) is 0 Å². The number of hydrogen-bond acceptors (Lipinski definition) is 5. The van der Waals surface area contributed by atoms with Crippen LogP contribution < -0.4 is 27.9 Å². The third-order valence-corrected chi connectivity index (χ3v) is 2.01. The summed E-state index contributed by atoms with van der Waals surface area (Å²) in [5, 5.41) is 2.29. The van der Waals surface area contributed by atoms with Gasteiger partial charge in [-0.2, -0.15) is 0 Å². The molecule has 0 radical (unpaired) electrons. The molecular weight excluding hydrogens is 226 g/mol. The van der Waals surface area contributed by atoms with E-state index in [1.165, 1.54) is 18.2 Å². The molecule has 0 aliphatic carbocycles. The highest BCUT2D eigenvalue weighted by molar-refractivity contribution is 6.11. The van der Waals surface area contributed by atoms with E-state index in [0.717, 1.165) is 0 Å². The lowest BCUT2D eigenvalue weighted by molar-refractivity contribution is -0.105. The fourth-order valence-electron chi connectivity index (χ4n) is 1.32. The fraction of sp³-hybridized carbons (Fsp3) is 0. The van der Waals surface area contributed by atoms with Crippen LogP contribution in [0, 0.1) is 0 Å². The Kier molecular flexibility index (Phi) is 4.14. The molecule has 0 atom stereocenters. The highest BCUT2D eigenvalue weighted by Gasteiger charge is 2.19. The molecule has 17 heavy (non-hydrogen) atoms. The Labute approximate surface area is 96.3 Å². The summed E-state index contributed by atoms with van der Waals surface area (Å²) in [7, 11) is 0. The van der Waals surface area contributed by atoms with Crippen molar-refractivity contribution in [2.75, 3.05) is 5.32 Å². The van der Waals surface area contributed by atoms with Crippen molar-refractivity contribution in [2.24, 2.45) is 11.7 Å². The molecule has 8 nitrogen and oxygen atoms in total. The number of rotatable bonds is 4. The third kappa shape index (κ3) is 2.56. The minimum absolute atomic E-state index is 0.00213. The van der Waals surface area contributed by atoms with Gasteiger partial charge in [-0.25, -0.2) is 11.7 Å². The maximum absolute atomic E-state index is 11.5. The molecular formula is C9H11N5O3. The van der Waals surface area contributed by atoms with Gasteiger partial charge < -0.3 is 5.32 Å². The largest absolute Gasteiger partial charge is 0.328 e. The second kappa shape index (κ2) is 5.58. The first-order valence-corrected chi connectivity index (χ1v) is 4.50. The molecule has 8 heteroatoms. The fourth-order valence-corrected chi connectivity index (χ4v) is 1.32. The van der Waals surface area contributed by atoms with Crippen LogP contribution in [0.25, 0.3) is 0 Å². The van der Waals surface area contributed by atoms with Crippen molar-refractivity contribution in [3.63, 3.8) is 0 Å². The molecule has 1 aromatic carbocycles. The van der Waals surface area contributed by atoms with Crippen molar-refractivity contribution in [1.82, 2.24) is 10.9 Å². The summed E-state index contributed by atoms with van der Waals surface area (Å²) in [6.45, 7) is 0. The van der Waals surface area contributed by atoms with E-state index in [2.05, 4.69) is 5.32 Å². The molecule has 90 valence electrons. The number of carbonyl (C=O) groups excluding carboxylic acids is 3. The van der Waals surface area contributed by atoms with Gasteiger partial charge in [-0.3, -0.25) is 25.2 Å². The zero-order valence-corrected chi connectivity index (χ0v) is 8.69. The van der Waals surface area contributed by atoms with Crippen molar-refractivity contribution in [3.8, 4) is 0 Å². The number of hydrogen-bond donors (Lipinski definition) is 5. The van der Waals surface area contributed by atoms with Crippen molar-refractivity contribution < 1.29 is 14.4 Å². The topological polar surface area (TPSA) is 139 Å². The van der Waals surface area contributed by atoms with Gasteiger partial charge >= 0.3 is 0 Å². The smallest absolute Gasteiger partial charge is 0.268 e. The van der Waals surface area contributed by atoms with Crippen LogP contribution >= 0.6 is 0 Å². The second-order valence-corrected chi connectivity index (χ2v) is 2.94. The molecule has 0 unspecified atom stereocenters. The lowest BCUT2D eigenvalue weighted by atomic mass is 10.0. The second-order valence-electron chi connectivity index (χ2n) is 2.94. The molecule has 0 saturated heterocycles. The van der Waals surface area contributed by atoms with Gasteiger partial charge in [-0.15, -0.1) is 0 Å². The number of nitrogen functional groups attached to an aromatic ring is 2. The highest BCUT2D eigenvalue weighted by atomic mass is 16.2. The predicted molar refractivity (Wildman–Crippen MR) is 59.4 cm³/mol. The van der Waals surface area contributed by atoms with Crippen LogP contribution in [0.2, 0.25) is 0 Å². The van der Waals surface area contributed by atoms with E-state index in [0.29, 0.717) is 6.41 Å². The number of amides is 3. The van der Waals surface area contributed by atoms with Crippen LogP contribution in [0.4, 0.5) is 5.69 Å². The van der Waals surface area contributed by atoms with E-state index in [1.54, 1.807) is 0 Å². The molecule has 7 N–H and O–H groups in total. The first-order valence-electron chi connectivity index (χ1n) is 4.50. The van der Waals surface area contributed by atoms with Crippen LogP contribution in [0.1, 0.15) is 20.7 Å². The summed E-state index contributed by atoms with van der Waals surface area (Å²) in [4.78, 5) is 33.4. The summed E-state index contributed by atoms with van der Waals surface area (Å²) in [6.07, 6.45) is 0.382. The summed E-state index contributed by atoms with van der Waals surface area (Å²) >= 11 is 0. The van der Waals surface area contributed by atoms with E-state index in [1.807, 2.05) is 10.9 Å². The van der Waals surface area contributed by atoms with Crippen molar-refractivity contribution in [2.45, 2.75) is 0 Å². The van der Waals surface area contributed by atoms with Gasteiger partial charge in [0.05, 0.1) is 16.8 Å². The molecule has 0 bridgehead atoms. The number of carbonyl (C=O) groups is 3. The van der Waals surface area contributed by atoms with Gasteiger partial charge in [-0.1, -0.05) is 6.07 Å². The Balaban J connectivity index is 3.38. The van der Waals surface area contributed by atoms with E-state index in [4.69, 9.17) is 11.7 Å². The highest BCUT2D eigenvalue weighted by Crippen LogP contribution is 2.19. The minimum atomic E-state index is -0.714. The Bertz CT molecular complexity index is 460. The molecule has 0 aliphatic rings. The molecule has 0 heterocycles. The van der Waals surface area contributed by atoms with Crippen LogP contribution in [-0.2, 0) is 4.79 Å². The standard InChI is InChI=1S/C9H11N5O3/c10-13-8(16)5-2-1-3-6(12-4-15)7(5)9(17)14-11/h1-4H,10-11H2,(H,12,15)(H,13,16)(H,14,17). The minimum Gasteiger partial charge on any atom is -0.328 e. The molecule has 0 aromatic heterocycles. The summed E-state index contributed by atoms with van der Waals surface area (Å²) < 4.78 is 0. The normalized spacial score (nSPS) is 9.29. The Morgan fingerprint density at radius 2 is 1.76 bits per heavy atom. The van der Waals surface area contributed by atoms with Crippen LogP contribution in [-0.4, -0.2) is 18.2 Å². The molecule has 1 rings (SSSR count). The van der Waals surface area contributed by atoms with Crippen molar-refractivity contribution in [1.29, 1.82) is 0 Å². The number of nitrogens with one attached hydrogen (secondary N) is 3. The lowest BCUT2D eigenvalue weighted by Gasteiger charge is -2.11. The van der Waals surface area contributed by atoms with Crippen LogP contribution in [0.3, 0.4) is 0 Å². The summed E-state index contributed by atoms with van der Waals surface area (Å²) in [5.41, 5.74) is 3.87. The van der Waals surface area contributed by atoms with Crippen molar-refractivity contribution in [3.05, 3.63) is 29.3 Å². The van der Waals surface area contributed by atoms with E-state index >= 15 is 0 Å². The summed E-state index contributed by atoms with van der Waals surface area (Å²) in [5.74, 6) is 8.60. The van der Waals surface area contributed by atoms with E-state index in [9.17, 15) is 14.4 Å². The SMILES string of the molecule is NNC(=O)c1cccc(NC=O)c1C(=O)NN. The molecule has 0 spiro atoms. The quantitative estimate of drug-likeness (QED) is 0.187. The van der Waals surface area contributed by atoms with E-state index < -0.39 is 11.8 Å². The van der Waals surface area contributed by atoms with E-state index in [-0.39, 0.29) is 16.8 Å². The third-order valence-electron chi connectivity index (χ3n) is 2.01. The number of nitrogens with two attached hydrogens (primary N) is 2. The summed E-state index contributed by atoms with van der Waals surface area (Å²) in [6, 6.07) is 4.32. The number of anilines is 1. The Morgan fingerprint density at radius 1 is 1.12 bits per heavy atom. The zero-order valence-electron chi connectivity index (χ0n) is 8.69. The zero-order chi connectivity index (χ0) is 12.8.